The fourth-order valence-corrected chi connectivity index (χ4v) is 3.53. The molecule has 0 heterocycles. The van der Waals surface area contributed by atoms with E-state index in [2.05, 4.69) is 6.58 Å². The van der Waals surface area contributed by atoms with E-state index in [9.17, 15) is 12.8 Å². The second-order valence-electron chi connectivity index (χ2n) is 4.28. The number of nitrogen functional groups attached to an aromatic ring is 1. The third-order valence-corrected chi connectivity index (χ3v) is 4.74. The van der Waals surface area contributed by atoms with Gasteiger partial charge in [-0.2, -0.15) is 4.31 Å². The van der Waals surface area contributed by atoms with Crippen molar-refractivity contribution in [3.8, 4) is 0 Å². The van der Waals surface area contributed by atoms with Crippen LogP contribution in [0.25, 0.3) is 0 Å². The summed E-state index contributed by atoms with van der Waals surface area (Å²) in [4.78, 5) is -0.365. The number of hydrogen-bond acceptors (Lipinski definition) is 3. The van der Waals surface area contributed by atoms with Crippen LogP contribution >= 0.6 is 0 Å². The number of rotatable bonds is 5. The highest BCUT2D eigenvalue weighted by molar-refractivity contribution is 7.89. The third kappa shape index (κ3) is 2.39. The first-order chi connectivity index (χ1) is 8.46. The number of hydrogen-bond donors (Lipinski definition) is 1. The van der Waals surface area contributed by atoms with Crippen LogP contribution in [0.5, 0.6) is 0 Å². The van der Waals surface area contributed by atoms with Crippen LogP contribution in [0.2, 0.25) is 0 Å². The maximum atomic E-state index is 13.7. The number of nitrogens with zero attached hydrogens (tertiary/aromatic N) is 1. The Morgan fingerprint density at radius 1 is 1.50 bits per heavy atom. The Kier molecular flexibility index (Phi) is 3.41. The number of benzene rings is 1. The van der Waals surface area contributed by atoms with Gasteiger partial charge in [-0.1, -0.05) is 6.08 Å². The van der Waals surface area contributed by atoms with E-state index >= 15 is 0 Å². The van der Waals surface area contributed by atoms with E-state index in [1.165, 1.54) is 16.4 Å². The van der Waals surface area contributed by atoms with Crippen molar-refractivity contribution in [2.24, 2.45) is 0 Å². The minimum absolute atomic E-state index is 0.0474. The first kappa shape index (κ1) is 13.0. The molecule has 1 saturated carbocycles. The second-order valence-corrected chi connectivity index (χ2v) is 6.14. The number of anilines is 1. The van der Waals surface area contributed by atoms with Crippen molar-refractivity contribution >= 4 is 15.7 Å². The van der Waals surface area contributed by atoms with E-state index in [1.54, 1.807) is 0 Å². The highest BCUT2D eigenvalue weighted by atomic mass is 32.2. The molecule has 1 aromatic carbocycles. The minimum atomic E-state index is -3.85. The predicted molar refractivity (Wildman–Crippen MR) is 67.9 cm³/mol. The SMILES string of the molecule is C=CCN(C1CC1)S(=O)(=O)c1cc(N)ccc1F. The highest BCUT2D eigenvalue weighted by Gasteiger charge is 2.38. The standard InChI is InChI=1S/C12H15FN2O2S/c1-2-7-15(10-4-5-10)18(16,17)12-8-9(14)3-6-11(12)13/h2-3,6,8,10H,1,4-5,7,14H2. The van der Waals surface area contributed by atoms with Gasteiger partial charge in [0, 0.05) is 18.3 Å². The molecule has 1 aromatic rings. The molecule has 4 nitrogen and oxygen atoms in total. The van der Waals surface area contributed by atoms with E-state index in [-0.39, 0.29) is 23.2 Å². The fraction of sp³-hybridized carbons (Fsp3) is 0.333. The molecule has 18 heavy (non-hydrogen) atoms. The molecule has 98 valence electrons. The zero-order valence-electron chi connectivity index (χ0n) is 9.84. The molecule has 1 aliphatic rings. The summed E-state index contributed by atoms with van der Waals surface area (Å²) in [5.74, 6) is -0.779. The maximum Gasteiger partial charge on any atom is 0.246 e. The summed E-state index contributed by atoms with van der Waals surface area (Å²) in [6, 6.07) is 3.52. The van der Waals surface area contributed by atoms with Gasteiger partial charge in [-0.15, -0.1) is 6.58 Å². The Morgan fingerprint density at radius 3 is 2.72 bits per heavy atom. The molecule has 0 unspecified atom stereocenters. The van der Waals surface area contributed by atoms with Crippen molar-refractivity contribution in [1.29, 1.82) is 0 Å². The van der Waals surface area contributed by atoms with Crippen LogP contribution in [0.3, 0.4) is 0 Å². The van der Waals surface area contributed by atoms with E-state index in [4.69, 9.17) is 5.73 Å². The van der Waals surface area contributed by atoms with Crippen LogP contribution < -0.4 is 5.73 Å². The summed E-state index contributed by atoms with van der Waals surface area (Å²) in [5, 5.41) is 0. The van der Waals surface area contributed by atoms with E-state index in [1.807, 2.05) is 0 Å². The van der Waals surface area contributed by atoms with Gasteiger partial charge in [0.15, 0.2) is 0 Å². The van der Waals surface area contributed by atoms with Gasteiger partial charge in [0.05, 0.1) is 0 Å². The molecular weight excluding hydrogens is 255 g/mol. The Balaban J connectivity index is 2.45. The molecule has 0 spiro atoms. The van der Waals surface area contributed by atoms with Crippen LogP contribution in [-0.4, -0.2) is 25.3 Å². The fourth-order valence-electron chi connectivity index (χ4n) is 1.78. The molecule has 0 atom stereocenters. The van der Waals surface area contributed by atoms with Crippen LogP contribution in [-0.2, 0) is 10.0 Å². The summed E-state index contributed by atoms with van der Waals surface area (Å²) in [6.45, 7) is 3.72. The van der Waals surface area contributed by atoms with Gasteiger partial charge in [0.2, 0.25) is 10.0 Å². The quantitative estimate of drug-likeness (QED) is 0.655. The van der Waals surface area contributed by atoms with Crippen molar-refractivity contribution in [2.45, 2.75) is 23.8 Å². The van der Waals surface area contributed by atoms with Crippen molar-refractivity contribution in [1.82, 2.24) is 4.31 Å². The molecule has 1 aliphatic carbocycles. The lowest BCUT2D eigenvalue weighted by atomic mass is 10.3. The summed E-state index contributed by atoms with van der Waals surface area (Å²) in [6.07, 6.45) is 3.11. The van der Waals surface area contributed by atoms with Crippen molar-refractivity contribution in [3.63, 3.8) is 0 Å². The summed E-state index contributed by atoms with van der Waals surface area (Å²) in [5.41, 5.74) is 5.75. The first-order valence-electron chi connectivity index (χ1n) is 5.64. The van der Waals surface area contributed by atoms with Gasteiger partial charge in [-0.3, -0.25) is 0 Å². The van der Waals surface area contributed by atoms with E-state index in [0.29, 0.717) is 0 Å². The Morgan fingerprint density at radius 2 is 2.17 bits per heavy atom. The summed E-state index contributed by atoms with van der Waals surface area (Å²) < 4.78 is 39.7. The molecule has 2 rings (SSSR count). The predicted octanol–water partition coefficient (Wildman–Crippen LogP) is 1.75. The van der Waals surface area contributed by atoms with Crippen LogP contribution in [0.15, 0.2) is 35.7 Å². The lowest BCUT2D eigenvalue weighted by Crippen LogP contribution is -2.33. The van der Waals surface area contributed by atoms with Crippen LogP contribution in [0.4, 0.5) is 10.1 Å². The average molecular weight is 270 g/mol. The molecule has 0 saturated heterocycles. The lowest BCUT2D eigenvalue weighted by molar-refractivity contribution is 0.431. The Bertz CT molecular complexity index is 567. The van der Waals surface area contributed by atoms with Crippen LogP contribution in [0.1, 0.15) is 12.8 Å². The molecule has 0 aromatic heterocycles. The largest absolute Gasteiger partial charge is 0.399 e. The number of halogens is 1. The second kappa shape index (κ2) is 4.70. The summed E-state index contributed by atoms with van der Waals surface area (Å²) in [7, 11) is -3.85. The van der Waals surface area contributed by atoms with Crippen molar-refractivity contribution in [2.75, 3.05) is 12.3 Å². The average Bonchev–Trinajstić information content (AvgIpc) is 3.13. The molecule has 0 radical (unpaired) electrons. The van der Waals surface area contributed by atoms with Gasteiger partial charge in [0.25, 0.3) is 0 Å². The smallest absolute Gasteiger partial charge is 0.246 e. The van der Waals surface area contributed by atoms with Gasteiger partial charge < -0.3 is 5.73 Å². The van der Waals surface area contributed by atoms with Crippen LogP contribution in [0, 0.1) is 5.82 Å². The van der Waals surface area contributed by atoms with E-state index in [0.717, 1.165) is 25.0 Å². The Labute approximate surface area is 106 Å². The maximum absolute atomic E-state index is 13.7. The van der Waals surface area contributed by atoms with Gasteiger partial charge in [0.1, 0.15) is 10.7 Å². The summed E-state index contributed by atoms with van der Waals surface area (Å²) >= 11 is 0. The highest BCUT2D eigenvalue weighted by Crippen LogP contribution is 2.33. The zero-order chi connectivity index (χ0) is 13.3. The van der Waals surface area contributed by atoms with Crippen molar-refractivity contribution < 1.29 is 12.8 Å². The van der Waals surface area contributed by atoms with E-state index < -0.39 is 15.8 Å². The van der Waals surface area contributed by atoms with Gasteiger partial charge in [-0.25, -0.2) is 12.8 Å². The first-order valence-corrected chi connectivity index (χ1v) is 7.08. The number of nitrogens with two attached hydrogens (primary N) is 1. The Hall–Kier alpha value is -1.40. The molecule has 6 heteroatoms. The molecular formula is C12H15FN2O2S. The molecule has 0 aliphatic heterocycles. The topological polar surface area (TPSA) is 63.4 Å². The normalized spacial score (nSPS) is 15.9. The molecule has 0 bridgehead atoms. The minimum Gasteiger partial charge on any atom is -0.399 e. The van der Waals surface area contributed by atoms with Gasteiger partial charge >= 0.3 is 0 Å². The molecule has 2 N–H and O–H groups in total. The monoisotopic (exact) mass is 270 g/mol. The van der Waals surface area contributed by atoms with Crippen molar-refractivity contribution in [3.05, 3.63) is 36.7 Å². The zero-order valence-corrected chi connectivity index (χ0v) is 10.7. The third-order valence-electron chi connectivity index (χ3n) is 2.81. The lowest BCUT2D eigenvalue weighted by Gasteiger charge is -2.20. The molecule has 0 amide bonds. The van der Waals surface area contributed by atoms with Gasteiger partial charge in [-0.05, 0) is 31.0 Å². The number of sulfonamides is 1. The molecule has 1 fully saturated rings.